The Kier molecular flexibility index (Phi) is 4.82. The molecular formula is C23H22N2OS. The number of para-hydroxylation sites is 1. The van der Waals surface area contributed by atoms with Crippen molar-refractivity contribution in [2.24, 2.45) is 0 Å². The number of anilines is 1. The van der Waals surface area contributed by atoms with E-state index in [2.05, 4.69) is 46.9 Å². The molecule has 0 aliphatic rings. The van der Waals surface area contributed by atoms with Gasteiger partial charge >= 0.3 is 0 Å². The van der Waals surface area contributed by atoms with E-state index in [0.29, 0.717) is 5.52 Å². The van der Waals surface area contributed by atoms with Crippen LogP contribution in [-0.4, -0.2) is 10.1 Å². The highest BCUT2D eigenvalue weighted by molar-refractivity contribution is 7.10. The lowest BCUT2D eigenvalue weighted by Gasteiger charge is -2.22. The number of aromatic hydroxyl groups is 1. The fourth-order valence-corrected chi connectivity index (χ4v) is 4.20. The Labute approximate surface area is 163 Å². The molecule has 0 spiro atoms. The molecule has 4 rings (SSSR count). The van der Waals surface area contributed by atoms with Gasteiger partial charge in [0.1, 0.15) is 11.3 Å². The maximum atomic E-state index is 11.0. The minimum Gasteiger partial charge on any atom is -0.505 e. The van der Waals surface area contributed by atoms with Gasteiger partial charge in [0.15, 0.2) is 0 Å². The molecule has 3 nitrogen and oxygen atoms in total. The highest BCUT2D eigenvalue weighted by Gasteiger charge is 2.21. The largest absolute Gasteiger partial charge is 0.505 e. The first-order valence-corrected chi connectivity index (χ1v) is 10.0. The van der Waals surface area contributed by atoms with Crippen molar-refractivity contribution in [2.45, 2.75) is 26.3 Å². The Morgan fingerprint density at radius 1 is 1.04 bits per heavy atom. The van der Waals surface area contributed by atoms with Gasteiger partial charge in [0.05, 0.1) is 6.04 Å². The van der Waals surface area contributed by atoms with Crippen LogP contribution in [0.4, 0.5) is 5.69 Å². The van der Waals surface area contributed by atoms with Crippen LogP contribution in [0.15, 0.2) is 66.0 Å². The van der Waals surface area contributed by atoms with Crippen LogP contribution in [-0.2, 0) is 6.42 Å². The molecule has 0 amide bonds. The summed E-state index contributed by atoms with van der Waals surface area (Å²) in [5, 5.41) is 17.7. The van der Waals surface area contributed by atoms with E-state index < -0.39 is 0 Å². The number of rotatable bonds is 5. The average molecular weight is 375 g/mol. The van der Waals surface area contributed by atoms with Crippen molar-refractivity contribution in [3.8, 4) is 5.75 Å². The summed E-state index contributed by atoms with van der Waals surface area (Å²) in [5.41, 5.74) is 4.74. The smallest absolute Gasteiger partial charge is 0.147 e. The number of thiophene rings is 1. The van der Waals surface area contributed by atoms with Crippen molar-refractivity contribution in [3.63, 3.8) is 0 Å². The van der Waals surface area contributed by atoms with Gasteiger partial charge in [0, 0.05) is 27.2 Å². The van der Waals surface area contributed by atoms with Crippen LogP contribution in [0.2, 0.25) is 0 Å². The van der Waals surface area contributed by atoms with Crippen molar-refractivity contribution in [1.82, 2.24) is 4.98 Å². The van der Waals surface area contributed by atoms with Crippen LogP contribution >= 0.6 is 11.3 Å². The predicted octanol–water partition coefficient (Wildman–Crippen LogP) is 6.07. The second kappa shape index (κ2) is 7.41. The van der Waals surface area contributed by atoms with Crippen molar-refractivity contribution >= 4 is 27.9 Å². The molecule has 2 aromatic heterocycles. The van der Waals surface area contributed by atoms with Gasteiger partial charge in [-0.05, 0) is 42.5 Å². The van der Waals surface area contributed by atoms with Crippen molar-refractivity contribution < 1.29 is 5.11 Å². The summed E-state index contributed by atoms with van der Waals surface area (Å²) in [7, 11) is 0. The Bertz CT molecular complexity index is 1070. The summed E-state index contributed by atoms with van der Waals surface area (Å²) < 4.78 is 0. The van der Waals surface area contributed by atoms with E-state index in [4.69, 9.17) is 0 Å². The molecule has 27 heavy (non-hydrogen) atoms. The Morgan fingerprint density at radius 2 is 1.85 bits per heavy atom. The SMILES string of the molecule is CCc1ccccc1NC(c1cccs1)c1ccc2ccc(C)nc2c1O. The lowest BCUT2D eigenvalue weighted by atomic mass is 10.00. The van der Waals surface area contributed by atoms with E-state index >= 15 is 0 Å². The Morgan fingerprint density at radius 3 is 2.63 bits per heavy atom. The fraction of sp³-hybridized carbons (Fsp3) is 0.174. The van der Waals surface area contributed by atoms with Gasteiger partial charge in [0.25, 0.3) is 0 Å². The number of hydrogen-bond acceptors (Lipinski definition) is 4. The van der Waals surface area contributed by atoms with E-state index in [-0.39, 0.29) is 11.8 Å². The van der Waals surface area contributed by atoms with Crippen molar-refractivity contribution in [3.05, 3.63) is 87.7 Å². The molecule has 2 heterocycles. The molecule has 2 aromatic carbocycles. The van der Waals surface area contributed by atoms with Crippen LogP contribution in [0, 0.1) is 6.92 Å². The molecule has 0 aliphatic carbocycles. The van der Waals surface area contributed by atoms with Crippen LogP contribution in [0.1, 0.15) is 34.7 Å². The molecule has 0 saturated heterocycles. The monoisotopic (exact) mass is 374 g/mol. The normalized spacial score (nSPS) is 12.2. The zero-order valence-corrected chi connectivity index (χ0v) is 16.3. The standard InChI is InChI=1S/C23H22N2OS/c1-3-16-7-4-5-8-19(16)25-22(20-9-6-14-27-20)18-13-12-17-11-10-15(2)24-21(17)23(18)26/h4-14,22,25-26H,3H2,1-2H3. The molecule has 4 aromatic rings. The first-order chi connectivity index (χ1) is 13.2. The summed E-state index contributed by atoms with van der Waals surface area (Å²) in [6.45, 7) is 4.10. The number of aryl methyl sites for hydroxylation is 2. The number of phenolic OH excluding ortho intramolecular Hbond substituents is 1. The molecule has 1 unspecified atom stereocenters. The molecular weight excluding hydrogens is 352 g/mol. The molecule has 1 atom stereocenters. The third kappa shape index (κ3) is 3.40. The van der Waals surface area contributed by atoms with Gasteiger partial charge < -0.3 is 10.4 Å². The molecule has 0 radical (unpaired) electrons. The minimum absolute atomic E-state index is 0.135. The van der Waals surface area contributed by atoms with Gasteiger partial charge in [0.2, 0.25) is 0 Å². The van der Waals surface area contributed by atoms with E-state index in [1.54, 1.807) is 11.3 Å². The third-order valence-electron chi connectivity index (χ3n) is 4.84. The predicted molar refractivity (Wildman–Crippen MR) is 114 cm³/mol. The third-order valence-corrected chi connectivity index (χ3v) is 5.78. The van der Waals surface area contributed by atoms with Gasteiger partial charge in [-0.3, -0.25) is 0 Å². The van der Waals surface area contributed by atoms with Crippen molar-refractivity contribution in [2.75, 3.05) is 5.32 Å². The van der Waals surface area contributed by atoms with Crippen LogP contribution in [0.5, 0.6) is 5.75 Å². The summed E-state index contributed by atoms with van der Waals surface area (Å²) >= 11 is 1.68. The van der Waals surface area contributed by atoms with Crippen LogP contribution < -0.4 is 5.32 Å². The van der Waals surface area contributed by atoms with E-state index in [9.17, 15) is 5.11 Å². The lowest BCUT2D eigenvalue weighted by Crippen LogP contribution is -2.13. The molecule has 2 N–H and O–H groups in total. The number of hydrogen-bond donors (Lipinski definition) is 2. The fourth-order valence-electron chi connectivity index (χ4n) is 3.40. The maximum absolute atomic E-state index is 11.0. The highest BCUT2D eigenvalue weighted by atomic mass is 32.1. The summed E-state index contributed by atoms with van der Waals surface area (Å²) in [5.74, 6) is 0.246. The zero-order valence-electron chi connectivity index (χ0n) is 15.4. The number of fused-ring (bicyclic) bond motifs is 1. The number of benzene rings is 2. The lowest BCUT2D eigenvalue weighted by molar-refractivity contribution is 0.472. The highest BCUT2D eigenvalue weighted by Crippen LogP contribution is 2.38. The Balaban J connectivity index is 1.85. The first kappa shape index (κ1) is 17.6. The number of phenols is 1. The average Bonchev–Trinajstić information content (AvgIpc) is 3.22. The number of pyridine rings is 1. The molecule has 0 aliphatic heterocycles. The van der Waals surface area contributed by atoms with Gasteiger partial charge in [-0.25, -0.2) is 4.98 Å². The first-order valence-electron chi connectivity index (χ1n) is 9.14. The van der Waals surface area contributed by atoms with E-state index in [1.165, 1.54) is 5.56 Å². The summed E-state index contributed by atoms with van der Waals surface area (Å²) in [6, 6.07) is 20.3. The van der Waals surface area contributed by atoms with Crippen molar-refractivity contribution in [1.29, 1.82) is 0 Å². The van der Waals surface area contributed by atoms with E-state index in [1.807, 2.05) is 43.3 Å². The van der Waals surface area contributed by atoms with Gasteiger partial charge in [-0.2, -0.15) is 0 Å². The van der Waals surface area contributed by atoms with Gasteiger partial charge in [-0.1, -0.05) is 49.4 Å². The van der Waals surface area contributed by atoms with Crippen LogP contribution in [0.25, 0.3) is 10.9 Å². The van der Waals surface area contributed by atoms with Crippen LogP contribution in [0.3, 0.4) is 0 Å². The number of nitrogens with zero attached hydrogens (tertiary/aromatic N) is 1. The molecule has 0 saturated carbocycles. The molecule has 0 bridgehead atoms. The second-order valence-electron chi connectivity index (χ2n) is 6.63. The molecule has 4 heteroatoms. The number of aromatic nitrogens is 1. The van der Waals surface area contributed by atoms with Gasteiger partial charge in [-0.15, -0.1) is 11.3 Å². The molecule has 136 valence electrons. The topological polar surface area (TPSA) is 45.2 Å². The molecule has 0 fully saturated rings. The quantitative estimate of drug-likeness (QED) is 0.445. The van der Waals surface area contributed by atoms with E-state index in [0.717, 1.165) is 33.6 Å². The minimum atomic E-state index is -0.135. The number of nitrogens with one attached hydrogen (secondary N) is 1. The second-order valence-corrected chi connectivity index (χ2v) is 7.61. The maximum Gasteiger partial charge on any atom is 0.147 e. The zero-order chi connectivity index (χ0) is 18.8. The summed E-state index contributed by atoms with van der Waals surface area (Å²) in [6.07, 6.45) is 0.949. The Hall–Kier alpha value is -2.85. The summed E-state index contributed by atoms with van der Waals surface area (Å²) in [4.78, 5) is 5.72.